The molecule has 0 spiro atoms. The van der Waals surface area contributed by atoms with Crippen molar-refractivity contribution < 1.29 is 9.53 Å². The largest absolute Gasteiger partial charge is 0.456 e. The molecule has 0 radical (unpaired) electrons. The average molecular weight is 310 g/mol. The van der Waals surface area contributed by atoms with E-state index >= 15 is 0 Å². The van der Waals surface area contributed by atoms with Crippen LogP contribution in [0, 0.1) is 0 Å². The number of hydrogen-bond acceptors (Lipinski definition) is 2. The van der Waals surface area contributed by atoms with Crippen LogP contribution in [0.2, 0.25) is 10.0 Å². The topological polar surface area (TPSA) is 38.3 Å². The number of benzene rings is 2. The van der Waals surface area contributed by atoms with Crippen LogP contribution in [-0.2, 0) is 4.79 Å². The normalized spacial score (nSPS) is 10.2. The molecule has 0 aliphatic carbocycles. The van der Waals surface area contributed by atoms with E-state index in [1.165, 1.54) is 0 Å². The van der Waals surface area contributed by atoms with Gasteiger partial charge in [-0.1, -0.05) is 30.1 Å². The lowest BCUT2D eigenvalue weighted by atomic mass is 10.3. The highest BCUT2D eigenvalue weighted by atomic mass is 35.5. The van der Waals surface area contributed by atoms with Gasteiger partial charge in [-0.3, -0.25) is 4.79 Å². The zero-order chi connectivity index (χ0) is 14.5. The molecule has 0 unspecified atom stereocenters. The predicted molar refractivity (Wildman–Crippen MR) is 81.9 cm³/mol. The lowest BCUT2D eigenvalue weighted by Gasteiger charge is -2.10. The Hall–Kier alpha value is -1.71. The summed E-state index contributed by atoms with van der Waals surface area (Å²) < 4.78 is 5.65. The number of amides is 1. The van der Waals surface area contributed by atoms with Crippen molar-refractivity contribution in [3.8, 4) is 11.5 Å². The van der Waals surface area contributed by atoms with Gasteiger partial charge in [-0.25, -0.2) is 0 Å². The van der Waals surface area contributed by atoms with E-state index in [1.807, 2.05) is 0 Å². The fraction of sp³-hybridized carbons (Fsp3) is 0.133. The minimum Gasteiger partial charge on any atom is -0.456 e. The Kier molecular flexibility index (Phi) is 4.88. The zero-order valence-corrected chi connectivity index (χ0v) is 12.3. The molecule has 0 aliphatic rings. The Morgan fingerprint density at radius 1 is 1.15 bits per heavy atom. The Balaban J connectivity index is 2.13. The molecule has 0 aromatic heterocycles. The SMILES string of the molecule is CCC(=O)Nc1ccc(Oc2ccc(Cl)cc2)c(Cl)c1. The molecule has 104 valence electrons. The minimum atomic E-state index is -0.0626. The van der Waals surface area contributed by atoms with Crippen LogP contribution in [0.15, 0.2) is 42.5 Å². The van der Waals surface area contributed by atoms with Crippen LogP contribution in [-0.4, -0.2) is 5.91 Å². The number of carbonyl (C=O) groups excluding carboxylic acids is 1. The van der Waals surface area contributed by atoms with E-state index in [0.717, 1.165) is 0 Å². The van der Waals surface area contributed by atoms with Gasteiger partial charge in [0.15, 0.2) is 0 Å². The summed E-state index contributed by atoms with van der Waals surface area (Å²) in [5, 5.41) is 3.80. The van der Waals surface area contributed by atoms with Gasteiger partial charge in [0.25, 0.3) is 0 Å². The van der Waals surface area contributed by atoms with E-state index in [2.05, 4.69) is 5.32 Å². The fourth-order valence-corrected chi connectivity index (χ4v) is 1.89. The molecule has 1 N–H and O–H groups in total. The van der Waals surface area contributed by atoms with Crippen molar-refractivity contribution in [2.24, 2.45) is 0 Å². The maximum Gasteiger partial charge on any atom is 0.224 e. The third-order valence-electron chi connectivity index (χ3n) is 2.58. The van der Waals surface area contributed by atoms with E-state index in [9.17, 15) is 4.79 Å². The smallest absolute Gasteiger partial charge is 0.224 e. The number of rotatable bonds is 4. The monoisotopic (exact) mass is 309 g/mol. The summed E-state index contributed by atoms with van der Waals surface area (Å²) in [6, 6.07) is 12.1. The average Bonchev–Trinajstić information content (AvgIpc) is 2.44. The molecule has 0 atom stereocenters. The van der Waals surface area contributed by atoms with Gasteiger partial charge in [-0.05, 0) is 42.5 Å². The highest BCUT2D eigenvalue weighted by molar-refractivity contribution is 6.32. The van der Waals surface area contributed by atoms with Crippen LogP contribution in [0.25, 0.3) is 0 Å². The first-order valence-electron chi connectivity index (χ1n) is 6.11. The molecule has 0 aliphatic heterocycles. The summed E-state index contributed by atoms with van der Waals surface area (Å²) >= 11 is 11.9. The van der Waals surface area contributed by atoms with Crippen molar-refractivity contribution in [1.29, 1.82) is 0 Å². The summed E-state index contributed by atoms with van der Waals surface area (Å²) in [5.74, 6) is 1.09. The van der Waals surface area contributed by atoms with Crippen molar-refractivity contribution >= 4 is 34.8 Å². The van der Waals surface area contributed by atoms with Gasteiger partial charge in [0, 0.05) is 17.1 Å². The Morgan fingerprint density at radius 3 is 2.45 bits per heavy atom. The van der Waals surface area contributed by atoms with E-state index < -0.39 is 0 Å². The number of carbonyl (C=O) groups is 1. The highest BCUT2D eigenvalue weighted by Crippen LogP contribution is 2.32. The van der Waals surface area contributed by atoms with Crippen LogP contribution >= 0.6 is 23.2 Å². The van der Waals surface area contributed by atoms with Crippen molar-refractivity contribution in [3.63, 3.8) is 0 Å². The molecule has 2 aromatic rings. The Morgan fingerprint density at radius 2 is 1.85 bits per heavy atom. The summed E-state index contributed by atoms with van der Waals surface area (Å²) in [5.41, 5.74) is 0.644. The third-order valence-corrected chi connectivity index (χ3v) is 3.13. The highest BCUT2D eigenvalue weighted by Gasteiger charge is 2.06. The number of anilines is 1. The zero-order valence-electron chi connectivity index (χ0n) is 10.8. The molecule has 2 rings (SSSR count). The molecule has 1 amide bonds. The molecular formula is C15H13Cl2NO2. The molecule has 0 saturated carbocycles. The second kappa shape index (κ2) is 6.64. The molecule has 3 nitrogen and oxygen atoms in total. The Labute approximate surface area is 127 Å². The van der Waals surface area contributed by atoms with E-state index in [4.69, 9.17) is 27.9 Å². The first-order valence-corrected chi connectivity index (χ1v) is 6.87. The third kappa shape index (κ3) is 3.89. The quantitative estimate of drug-likeness (QED) is 0.849. The van der Waals surface area contributed by atoms with Gasteiger partial charge in [0.05, 0.1) is 5.02 Å². The van der Waals surface area contributed by atoms with Crippen molar-refractivity contribution in [1.82, 2.24) is 0 Å². The van der Waals surface area contributed by atoms with Crippen molar-refractivity contribution in [3.05, 3.63) is 52.5 Å². The van der Waals surface area contributed by atoms with Gasteiger partial charge in [0.2, 0.25) is 5.91 Å². The fourth-order valence-electron chi connectivity index (χ4n) is 1.54. The molecule has 20 heavy (non-hydrogen) atoms. The summed E-state index contributed by atoms with van der Waals surface area (Å²) in [6.07, 6.45) is 0.417. The second-order valence-electron chi connectivity index (χ2n) is 4.10. The molecule has 2 aromatic carbocycles. The first kappa shape index (κ1) is 14.7. The summed E-state index contributed by atoms with van der Waals surface area (Å²) in [7, 11) is 0. The minimum absolute atomic E-state index is 0.0626. The molecule has 0 heterocycles. The first-order chi connectivity index (χ1) is 9.58. The van der Waals surface area contributed by atoms with Gasteiger partial charge in [-0.2, -0.15) is 0 Å². The predicted octanol–water partition coefficient (Wildman–Crippen LogP) is 5.13. The standard InChI is InChI=1S/C15H13Cl2NO2/c1-2-15(19)18-11-5-8-14(13(17)9-11)20-12-6-3-10(16)4-7-12/h3-9H,2H2,1H3,(H,18,19). The van der Waals surface area contributed by atoms with E-state index in [-0.39, 0.29) is 5.91 Å². The van der Waals surface area contributed by atoms with Crippen molar-refractivity contribution in [2.75, 3.05) is 5.32 Å². The van der Waals surface area contributed by atoms with Crippen LogP contribution < -0.4 is 10.1 Å². The molecule has 0 saturated heterocycles. The van der Waals surface area contributed by atoms with Gasteiger partial charge >= 0.3 is 0 Å². The van der Waals surface area contributed by atoms with Crippen molar-refractivity contribution in [2.45, 2.75) is 13.3 Å². The number of ether oxygens (including phenoxy) is 1. The maximum absolute atomic E-state index is 11.3. The van der Waals surface area contributed by atoms with Gasteiger partial charge in [-0.15, -0.1) is 0 Å². The van der Waals surface area contributed by atoms with E-state index in [0.29, 0.717) is 33.7 Å². The molecule has 0 bridgehead atoms. The second-order valence-corrected chi connectivity index (χ2v) is 4.95. The van der Waals surface area contributed by atoms with Crippen LogP contribution in [0.3, 0.4) is 0 Å². The van der Waals surface area contributed by atoms with Crippen LogP contribution in [0.5, 0.6) is 11.5 Å². The summed E-state index contributed by atoms with van der Waals surface area (Å²) in [6.45, 7) is 1.79. The van der Waals surface area contributed by atoms with E-state index in [1.54, 1.807) is 49.4 Å². The number of halogens is 2. The van der Waals surface area contributed by atoms with Gasteiger partial charge in [0.1, 0.15) is 11.5 Å². The summed E-state index contributed by atoms with van der Waals surface area (Å²) in [4.78, 5) is 11.3. The lowest BCUT2D eigenvalue weighted by molar-refractivity contribution is -0.115. The number of hydrogen-bond donors (Lipinski definition) is 1. The van der Waals surface area contributed by atoms with Crippen LogP contribution in [0.4, 0.5) is 5.69 Å². The molecule has 0 fully saturated rings. The maximum atomic E-state index is 11.3. The lowest BCUT2D eigenvalue weighted by Crippen LogP contribution is -2.09. The van der Waals surface area contributed by atoms with Gasteiger partial charge < -0.3 is 10.1 Å². The Bertz CT molecular complexity index is 612. The number of nitrogens with one attached hydrogen (secondary N) is 1. The molecule has 5 heteroatoms. The van der Waals surface area contributed by atoms with Crippen LogP contribution in [0.1, 0.15) is 13.3 Å². The molecular weight excluding hydrogens is 297 g/mol.